The van der Waals surface area contributed by atoms with E-state index in [-0.39, 0.29) is 11.5 Å². The smallest absolute Gasteiger partial charge is 0.263 e. The van der Waals surface area contributed by atoms with Crippen molar-refractivity contribution in [3.63, 3.8) is 0 Å². The highest BCUT2D eigenvalue weighted by Gasteiger charge is 2.39. The van der Waals surface area contributed by atoms with E-state index in [9.17, 15) is 4.79 Å². The third kappa shape index (κ3) is 4.66. The van der Waals surface area contributed by atoms with Gasteiger partial charge in [-0.15, -0.1) is 0 Å². The van der Waals surface area contributed by atoms with Crippen molar-refractivity contribution in [2.24, 2.45) is 0 Å². The summed E-state index contributed by atoms with van der Waals surface area (Å²) < 4.78 is 12.3. The van der Waals surface area contributed by atoms with Gasteiger partial charge in [-0.05, 0) is 54.5 Å². The summed E-state index contributed by atoms with van der Waals surface area (Å²) in [7, 11) is 0. The first-order chi connectivity index (χ1) is 16.4. The third-order valence-electron chi connectivity index (χ3n) is 6.46. The van der Waals surface area contributed by atoms with E-state index in [2.05, 4.69) is 36.4 Å². The maximum atomic E-state index is 13.0. The van der Waals surface area contributed by atoms with Gasteiger partial charge in [-0.25, -0.2) is 0 Å². The van der Waals surface area contributed by atoms with Gasteiger partial charge in [0.15, 0.2) is 6.10 Å². The van der Waals surface area contributed by atoms with E-state index >= 15 is 0 Å². The molecule has 3 aromatic carbocycles. The molecule has 6 heteroatoms. The van der Waals surface area contributed by atoms with Crippen molar-refractivity contribution < 1.29 is 14.3 Å². The Morgan fingerprint density at radius 2 is 1.76 bits per heavy atom. The molecule has 4 nitrogen and oxygen atoms in total. The second kappa shape index (κ2) is 9.36. The number of piperidine rings is 1. The van der Waals surface area contributed by atoms with E-state index in [0.717, 1.165) is 24.2 Å². The van der Waals surface area contributed by atoms with Gasteiger partial charge < -0.3 is 14.4 Å². The number of likely N-dealkylation sites (tertiary alicyclic amines) is 1. The SMILES string of the molecule is CC(Oc1ccc(Cl)cc1Cl)C(=O)N1CCC2(C=Cc3cc(-c4ccccc4)ccc3O2)CC1. The molecule has 34 heavy (non-hydrogen) atoms. The number of nitrogens with zero attached hydrogens (tertiary/aromatic N) is 1. The van der Waals surface area contributed by atoms with Crippen LogP contribution in [0.2, 0.25) is 10.0 Å². The van der Waals surface area contributed by atoms with Gasteiger partial charge in [0.1, 0.15) is 17.1 Å². The summed E-state index contributed by atoms with van der Waals surface area (Å²) in [6, 6.07) is 21.6. The first-order valence-corrected chi connectivity index (χ1v) is 12.2. The number of hydrogen-bond acceptors (Lipinski definition) is 3. The van der Waals surface area contributed by atoms with E-state index in [4.69, 9.17) is 32.7 Å². The number of halogens is 2. The van der Waals surface area contributed by atoms with E-state index in [0.29, 0.717) is 28.9 Å². The summed E-state index contributed by atoms with van der Waals surface area (Å²) >= 11 is 12.1. The Bertz CT molecular complexity index is 1230. The van der Waals surface area contributed by atoms with Gasteiger partial charge in [-0.2, -0.15) is 0 Å². The zero-order valence-corrected chi connectivity index (χ0v) is 20.4. The maximum absolute atomic E-state index is 13.0. The Labute approximate surface area is 209 Å². The molecule has 2 heterocycles. The van der Waals surface area contributed by atoms with E-state index in [1.54, 1.807) is 25.1 Å². The zero-order valence-electron chi connectivity index (χ0n) is 18.8. The average molecular weight is 494 g/mol. The molecule has 5 rings (SSSR count). The molecule has 2 aliphatic heterocycles. The van der Waals surface area contributed by atoms with Crippen molar-refractivity contribution >= 4 is 35.2 Å². The molecule has 1 saturated heterocycles. The quantitative estimate of drug-likeness (QED) is 0.396. The fourth-order valence-electron chi connectivity index (χ4n) is 4.52. The fraction of sp³-hybridized carbons (Fsp3) is 0.250. The molecule has 174 valence electrons. The molecular formula is C28H25Cl2NO3. The lowest BCUT2D eigenvalue weighted by atomic mass is 9.87. The fourth-order valence-corrected chi connectivity index (χ4v) is 4.97. The van der Waals surface area contributed by atoms with E-state index in [1.165, 1.54) is 11.1 Å². The van der Waals surface area contributed by atoms with Gasteiger partial charge in [-0.3, -0.25) is 4.79 Å². The van der Waals surface area contributed by atoms with E-state index in [1.807, 2.05) is 29.2 Å². The highest BCUT2D eigenvalue weighted by atomic mass is 35.5. The van der Waals surface area contributed by atoms with E-state index < -0.39 is 6.10 Å². The predicted octanol–water partition coefficient (Wildman–Crippen LogP) is 6.89. The summed E-state index contributed by atoms with van der Waals surface area (Å²) in [5.74, 6) is 1.27. The summed E-state index contributed by atoms with van der Waals surface area (Å²) in [6.07, 6.45) is 5.11. The van der Waals surface area contributed by atoms with Crippen LogP contribution in [0, 0.1) is 0 Å². The van der Waals surface area contributed by atoms with Gasteiger partial charge in [0.25, 0.3) is 5.91 Å². The number of fused-ring (bicyclic) bond motifs is 1. The Balaban J connectivity index is 1.22. The summed E-state index contributed by atoms with van der Waals surface area (Å²) in [6.45, 7) is 2.94. The number of ether oxygens (including phenoxy) is 2. The minimum Gasteiger partial charge on any atom is -0.482 e. The molecule has 1 unspecified atom stereocenters. The van der Waals surface area contributed by atoms with Crippen molar-refractivity contribution in [1.29, 1.82) is 0 Å². The Morgan fingerprint density at radius 3 is 2.50 bits per heavy atom. The second-order valence-corrected chi connectivity index (χ2v) is 9.62. The largest absolute Gasteiger partial charge is 0.482 e. The van der Waals surface area contributed by atoms with Crippen LogP contribution in [0.4, 0.5) is 0 Å². The van der Waals surface area contributed by atoms with Crippen LogP contribution in [0.3, 0.4) is 0 Å². The van der Waals surface area contributed by atoms with Gasteiger partial charge >= 0.3 is 0 Å². The molecule has 1 fully saturated rings. The summed E-state index contributed by atoms with van der Waals surface area (Å²) in [5.41, 5.74) is 3.04. The lowest BCUT2D eigenvalue weighted by Crippen LogP contribution is -2.51. The van der Waals surface area contributed by atoms with Gasteiger partial charge in [0.2, 0.25) is 0 Å². The van der Waals surface area contributed by atoms with Crippen LogP contribution in [0.5, 0.6) is 11.5 Å². The normalized spacial score (nSPS) is 17.1. The molecule has 0 radical (unpaired) electrons. The Kier molecular flexibility index (Phi) is 6.28. The Hall–Kier alpha value is -2.95. The van der Waals surface area contributed by atoms with Crippen molar-refractivity contribution in [3.05, 3.63) is 88.4 Å². The van der Waals surface area contributed by atoms with Crippen LogP contribution >= 0.6 is 23.2 Å². The molecule has 1 atom stereocenters. The van der Waals surface area contributed by atoms with Crippen LogP contribution in [0.25, 0.3) is 17.2 Å². The van der Waals surface area contributed by atoms with Crippen LogP contribution in [-0.2, 0) is 4.79 Å². The number of hydrogen-bond donors (Lipinski definition) is 0. The molecule has 0 aromatic heterocycles. The molecule has 0 saturated carbocycles. The van der Waals surface area contributed by atoms with Crippen LogP contribution < -0.4 is 9.47 Å². The minimum atomic E-state index is -0.646. The standard InChI is InChI=1S/C28H25Cl2NO3/c1-19(33-26-10-8-23(29)18-24(26)30)27(32)31-15-13-28(14-16-31)12-11-22-17-21(7-9-25(22)34-28)20-5-3-2-4-6-20/h2-12,17-19H,13-16H2,1H3. The van der Waals surface area contributed by atoms with Gasteiger partial charge in [0, 0.05) is 36.5 Å². The molecular weight excluding hydrogens is 469 g/mol. The summed E-state index contributed by atoms with van der Waals surface area (Å²) in [5, 5.41) is 0.913. The number of amides is 1. The van der Waals surface area contributed by atoms with Crippen LogP contribution in [-0.4, -0.2) is 35.6 Å². The minimum absolute atomic E-state index is 0.0615. The average Bonchev–Trinajstić information content (AvgIpc) is 2.86. The van der Waals surface area contributed by atoms with Crippen molar-refractivity contribution in [3.8, 4) is 22.6 Å². The molecule has 0 aliphatic carbocycles. The number of benzene rings is 3. The highest BCUT2D eigenvalue weighted by Crippen LogP contribution is 2.39. The first kappa shape index (κ1) is 22.8. The first-order valence-electron chi connectivity index (χ1n) is 11.4. The van der Waals surface area contributed by atoms with Crippen LogP contribution in [0.15, 0.2) is 72.8 Å². The molecule has 1 amide bonds. The maximum Gasteiger partial charge on any atom is 0.263 e. The lowest BCUT2D eigenvalue weighted by molar-refractivity contribution is -0.140. The highest BCUT2D eigenvalue weighted by molar-refractivity contribution is 6.35. The lowest BCUT2D eigenvalue weighted by Gasteiger charge is -2.42. The van der Waals surface area contributed by atoms with Crippen molar-refractivity contribution in [2.45, 2.75) is 31.5 Å². The van der Waals surface area contributed by atoms with Gasteiger partial charge in [-0.1, -0.05) is 65.7 Å². The Morgan fingerprint density at radius 1 is 1.00 bits per heavy atom. The zero-order chi connectivity index (χ0) is 23.7. The monoisotopic (exact) mass is 493 g/mol. The third-order valence-corrected chi connectivity index (χ3v) is 6.99. The van der Waals surface area contributed by atoms with Crippen molar-refractivity contribution in [2.75, 3.05) is 13.1 Å². The predicted molar refractivity (Wildman–Crippen MR) is 137 cm³/mol. The van der Waals surface area contributed by atoms with Gasteiger partial charge in [0.05, 0.1) is 5.02 Å². The topological polar surface area (TPSA) is 38.8 Å². The van der Waals surface area contributed by atoms with Crippen LogP contribution in [0.1, 0.15) is 25.3 Å². The van der Waals surface area contributed by atoms with Crippen molar-refractivity contribution in [1.82, 2.24) is 4.90 Å². The number of rotatable bonds is 4. The summed E-state index contributed by atoms with van der Waals surface area (Å²) in [4.78, 5) is 14.8. The molecule has 3 aromatic rings. The molecule has 1 spiro atoms. The molecule has 0 bridgehead atoms. The number of carbonyl (C=O) groups excluding carboxylic acids is 1. The molecule has 0 N–H and O–H groups in total. The number of carbonyl (C=O) groups is 1. The second-order valence-electron chi connectivity index (χ2n) is 8.78. The molecule has 2 aliphatic rings.